The first-order valence-corrected chi connectivity index (χ1v) is 7.97. The summed E-state index contributed by atoms with van der Waals surface area (Å²) >= 11 is 0. The van der Waals surface area contributed by atoms with E-state index in [9.17, 15) is 14.7 Å². The van der Waals surface area contributed by atoms with E-state index >= 15 is 0 Å². The van der Waals surface area contributed by atoms with Gasteiger partial charge in [0.1, 0.15) is 6.61 Å². The Kier molecular flexibility index (Phi) is 5.00. The molecule has 25 heavy (non-hydrogen) atoms. The van der Waals surface area contributed by atoms with Gasteiger partial charge in [-0.25, -0.2) is 9.59 Å². The molecule has 0 saturated carbocycles. The maximum Gasteiger partial charge on any atom is 0.414 e. The molecule has 0 aromatic heterocycles. The Morgan fingerprint density at radius 3 is 2.64 bits per heavy atom. The fourth-order valence-corrected chi connectivity index (χ4v) is 2.95. The van der Waals surface area contributed by atoms with Crippen LogP contribution in [0.1, 0.15) is 27.0 Å². The zero-order chi connectivity index (χ0) is 17.8. The predicted molar refractivity (Wildman–Crippen MR) is 91.4 cm³/mol. The molecule has 0 aliphatic carbocycles. The number of methoxy groups -OCH3 is 1. The summed E-state index contributed by atoms with van der Waals surface area (Å²) in [5.74, 6) is -0.512. The fourth-order valence-electron chi connectivity index (χ4n) is 2.95. The molecule has 0 atom stereocenters. The molecule has 2 aromatic rings. The number of hydrogen-bond donors (Lipinski definition) is 1. The minimum atomic E-state index is -0.512. The molecule has 0 fully saturated rings. The van der Waals surface area contributed by atoms with Crippen LogP contribution in [0.2, 0.25) is 0 Å². The van der Waals surface area contributed by atoms with E-state index in [4.69, 9.17) is 9.47 Å². The second-order valence-corrected chi connectivity index (χ2v) is 5.72. The Hall–Kier alpha value is -2.86. The number of aliphatic hydroxyl groups excluding tert-OH is 1. The summed E-state index contributed by atoms with van der Waals surface area (Å²) in [4.78, 5) is 25.8. The molecule has 1 aliphatic heterocycles. The third-order valence-corrected chi connectivity index (χ3v) is 4.21. The van der Waals surface area contributed by atoms with Crippen LogP contribution < -0.4 is 4.90 Å². The van der Waals surface area contributed by atoms with Crippen molar-refractivity contribution in [3.05, 3.63) is 64.7 Å². The second kappa shape index (κ2) is 7.36. The van der Waals surface area contributed by atoms with Crippen LogP contribution in [-0.2, 0) is 29.1 Å². The van der Waals surface area contributed by atoms with Crippen LogP contribution in [0.3, 0.4) is 0 Å². The monoisotopic (exact) mass is 341 g/mol. The molecule has 1 heterocycles. The lowest BCUT2D eigenvalue weighted by molar-refractivity contribution is 0.0600. The molecule has 1 N–H and O–H groups in total. The lowest BCUT2D eigenvalue weighted by Gasteiger charge is -2.18. The van der Waals surface area contributed by atoms with Crippen LogP contribution in [0.5, 0.6) is 0 Å². The van der Waals surface area contributed by atoms with Gasteiger partial charge in [-0.05, 0) is 35.2 Å². The summed E-state index contributed by atoms with van der Waals surface area (Å²) in [5.41, 5.74) is 3.26. The first-order chi connectivity index (χ1) is 12.1. The number of carbonyl (C=O) groups excluding carboxylic acids is 2. The molecule has 0 spiro atoms. The lowest BCUT2D eigenvalue weighted by atomic mass is 10.0. The van der Waals surface area contributed by atoms with Gasteiger partial charge in [0.15, 0.2) is 0 Å². The van der Waals surface area contributed by atoms with Gasteiger partial charge in [0, 0.05) is 6.54 Å². The molecule has 0 bridgehead atoms. The Labute approximate surface area is 145 Å². The van der Waals surface area contributed by atoms with E-state index in [1.54, 1.807) is 12.1 Å². The van der Waals surface area contributed by atoms with Gasteiger partial charge in [0.05, 0.1) is 25.0 Å². The van der Waals surface area contributed by atoms with Gasteiger partial charge in [0.25, 0.3) is 0 Å². The van der Waals surface area contributed by atoms with Gasteiger partial charge in [0.2, 0.25) is 0 Å². The Balaban J connectivity index is 1.82. The van der Waals surface area contributed by atoms with Crippen molar-refractivity contribution < 1.29 is 24.2 Å². The number of esters is 1. The van der Waals surface area contributed by atoms with Crippen LogP contribution in [0.25, 0.3) is 0 Å². The average molecular weight is 341 g/mol. The Morgan fingerprint density at radius 2 is 1.96 bits per heavy atom. The van der Waals surface area contributed by atoms with Crippen LogP contribution >= 0.6 is 0 Å². The van der Waals surface area contributed by atoms with Crippen molar-refractivity contribution in [2.24, 2.45) is 0 Å². The number of carbonyl (C=O) groups is 2. The quantitative estimate of drug-likeness (QED) is 0.865. The van der Waals surface area contributed by atoms with Gasteiger partial charge in [-0.15, -0.1) is 0 Å². The summed E-state index contributed by atoms with van der Waals surface area (Å²) < 4.78 is 10.1. The minimum absolute atomic E-state index is 0.176. The number of amides is 1. The van der Waals surface area contributed by atoms with E-state index in [1.165, 1.54) is 12.0 Å². The van der Waals surface area contributed by atoms with Crippen LogP contribution in [-0.4, -0.2) is 30.8 Å². The SMILES string of the molecule is COC(=O)c1cc(CO)c2c(c1)N(C(=O)OCc1ccccc1)CC2. The van der Waals surface area contributed by atoms with E-state index in [2.05, 4.69) is 0 Å². The molecular formula is C19H19NO5. The molecule has 2 aromatic carbocycles. The predicted octanol–water partition coefficient (Wildman–Crippen LogP) is 2.66. The minimum Gasteiger partial charge on any atom is -0.465 e. The van der Waals surface area contributed by atoms with E-state index in [0.29, 0.717) is 29.8 Å². The highest BCUT2D eigenvalue weighted by Gasteiger charge is 2.29. The zero-order valence-electron chi connectivity index (χ0n) is 13.9. The molecule has 6 heteroatoms. The van der Waals surface area contributed by atoms with Crippen molar-refractivity contribution in [3.8, 4) is 0 Å². The van der Waals surface area contributed by atoms with Crippen molar-refractivity contribution in [1.29, 1.82) is 0 Å². The number of rotatable bonds is 4. The number of ether oxygens (including phenoxy) is 2. The first kappa shape index (κ1) is 17.0. The fraction of sp³-hybridized carbons (Fsp3) is 0.263. The van der Waals surface area contributed by atoms with Crippen LogP contribution in [0, 0.1) is 0 Å². The van der Waals surface area contributed by atoms with E-state index < -0.39 is 12.1 Å². The normalized spacial score (nSPS) is 12.6. The summed E-state index contributed by atoms with van der Waals surface area (Å²) in [6.07, 6.45) is 0.126. The zero-order valence-corrected chi connectivity index (χ0v) is 13.9. The number of anilines is 1. The molecule has 0 saturated heterocycles. The van der Waals surface area contributed by atoms with Crippen molar-refractivity contribution in [3.63, 3.8) is 0 Å². The van der Waals surface area contributed by atoms with Gasteiger partial charge in [-0.1, -0.05) is 30.3 Å². The standard InChI is InChI=1S/C19H19NO5/c1-24-18(22)14-9-15(11-21)16-7-8-20(17(16)10-14)19(23)25-12-13-5-3-2-4-6-13/h2-6,9-10,21H,7-8,11-12H2,1H3. The smallest absolute Gasteiger partial charge is 0.414 e. The van der Waals surface area contributed by atoms with Gasteiger partial charge in [-0.3, -0.25) is 4.90 Å². The molecule has 0 radical (unpaired) electrons. The van der Waals surface area contributed by atoms with Crippen LogP contribution in [0.15, 0.2) is 42.5 Å². The van der Waals surface area contributed by atoms with Crippen LogP contribution in [0.4, 0.5) is 10.5 Å². The number of aliphatic hydroxyl groups is 1. The topological polar surface area (TPSA) is 76.1 Å². The van der Waals surface area contributed by atoms with Crippen molar-refractivity contribution >= 4 is 17.7 Å². The second-order valence-electron chi connectivity index (χ2n) is 5.72. The van der Waals surface area contributed by atoms with Gasteiger partial charge in [-0.2, -0.15) is 0 Å². The Morgan fingerprint density at radius 1 is 1.20 bits per heavy atom. The molecule has 1 aliphatic rings. The summed E-state index contributed by atoms with van der Waals surface area (Å²) in [6.45, 7) is 0.412. The highest BCUT2D eigenvalue weighted by molar-refractivity contribution is 5.96. The van der Waals surface area contributed by atoms with E-state index in [-0.39, 0.29) is 13.2 Å². The first-order valence-electron chi connectivity index (χ1n) is 7.97. The largest absolute Gasteiger partial charge is 0.465 e. The van der Waals surface area contributed by atoms with Gasteiger partial charge < -0.3 is 14.6 Å². The molecule has 6 nitrogen and oxygen atoms in total. The number of benzene rings is 2. The third-order valence-electron chi connectivity index (χ3n) is 4.21. The van der Waals surface area contributed by atoms with Crippen molar-refractivity contribution in [2.75, 3.05) is 18.6 Å². The Bertz CT molecular complexity index is 788. The third kappa shape index (κ3) is 3.49. The van der Waals surface area contributed by atoms with Crippen molar-refractivity contribution in [2.45, 2.75) is 19.6 Å². The molecular weight excluding hydrogens is 322 g/mol. The molecule has 0 unspecified atom stereocenters. The summed E-state index contributed by atoms with van der Waals surface area (Å²) in [6, 6.07) is 12.6. The number of hydrogen-bond acceptors (Lipinski definition) is 5. The summed E-state index contributed by atoms with van der Waals surface area (Å²) in [5, 5.41) is 9.57. The van der Waals surface area contributed by atoms with Crippen molar-refractivity contribution in [1.82, 2.24) is 0 Å². The maximum absolute atomic E-state index is 12.5. The van der Waals surface area contributed by atoms with E-state index in [1.807, 2.05) is 30.3 Å². The lowest BCUT2D eigenvalue weighted by Crippen LogP contribution is -2.29. The van der Waals surface area contributed by atoms with Gasteiger partial charge >= 0.3 is 12.1 Å². The number of nitrogens with zero attached hydrogens (tertiary/aromatic N) is 1. The number of fused-ring (bicyclic) bond motifs is 1. The average Bonchev–Trinajstić information content (AvgIpc) is 3.09. The van der Waals surface area contributed by atoms with E-state index in [0.717, 1.165) is 11.1 Å². The molecule has 130 valence electrons. The highest BCUT2D eigenvalue weighted by Crippen LogP contribution is 2.33. The molecule has 3 rings (SSSR count). The maximum atomic E-state index is 12.5. The highest BCUT2D eigenvalue weighted by atomic mass is 16.6. The molecule has 1 amide bonds. The summed E-state index contributed by atoms with van der Waals surface area (Å²) in [7, 11) is 1.29.